The SMILES string of the molecule is Cc1cccc2nc(COc3cccc(CC(N)=O)c3)cn12. The largest absolute Gasteiger partial charge is 0.487 e. The summed E-state index contributed by atoms with van der Waals surface area (Å²) < 4.78 is 7.79. The number of ether oxygens (including phenoxy) is 1. The number of aromatic nitrogens is 2. The number of imidazole rings is 1. The normalized spacial score (nSPS) is 10.8. The molecule has 3 rings (SSSR count). The van der Waals surface area contributed by atoms with E-state index >= 15 is 0 Å². The Kier molecular flexibility index (Phi) is 3.78. The lowest BCUT2D eigenvalue weighted by Crippen LogP contribution is -2.13. The highest BCUT2D eigenvalue weighted by atomic mass is 16.5. The van der Waals surface area contributed by atoms with Crippen molar-refractivity contribution in [1.29, 1.82) is 0 Å². The first-order valence-electron chi connectivity index (χ1n) is 7.05. The molecule has 0 unspecified atom stereocenters. The van der Waals surface area contributed by atoms with Gasteiger partial charge in [0.15, 0.2) is 0 Å². The van der Waals surface area contributed by atoms with Crippen molar-refractivity contribution in [3.05, 3.63) is 65.6 Å². The van der Waals surface area contributed by atoms with Crippen molar-refractivity contribution in [1.82, 2.24) is 9.38 Å². The van der Waals surface area contributed by atoms with Crippen LogP contribution in [0.3, 0.4) is 0 Å². The first kappa shape index (κ1) is 14.1. The first-order valence-corrected chi connectivity index (χ1v) is 7.05. The molecule has 5 heteroatoms. The smallest absolute Gasteiger partial charge is 0.221 e. The summed E-state index contributed by atoms with van der Waals surface area (Å²) in [6, 6.07) is 13.4. The molecule has 1 amide bonds. The van der Waals surface area contributed by atoms with Crippen molar-refractivity contribution in [2.45, 2.75) is 20.0 Å². The highest BCUT2D eigenvalue weighted by Gasteiger charge is 2.05. The van der Waals surface area contributed by atoms with Gasteiger partial charge < -0.3 is 14.9 Å². The van der Waals surface area contributed by atoms with Crippen molar-refractivity contribution in [2.75, 3.05) is 0 Å². The molecule has 22 heavy (non-hydrogen) atoms. The Bertz CT molecular complexity index is 824. The highest BCUT2D eigenvalue weighted by Crippen LogP contribution is 2.16. The molecule has 3 aromatic rings. The van der Waals surface area contributed by atoms with Crippen molar-refractivity contribution < 1.29 is 9.53 Å². The second-order valence-electron chi connectivity index (χ2n) is 5.21. The molecule has 0 spiro atoms. The summed E-state index contributed by atoms with van der Waals surface area (Å²) in [5.41, 5.74) is 8.93. The third kappa shape index (κ3) is 3.09. The van der Waals surface area contributed by atoms with Gasteiger partial charge in [-0.3, -0.25) is 4.79 Å². The fourth-order valence-electron chi connectivity index (χ4n) is 2.37. The minimum atomic E-state index is -0.354. The Hall–Kier alpha value is -2.82. The average Bonchev–Trinajstić information content (AvgIpc) is 2.89. The Morgan fingerprint density at radius 2 is 2.09 bits per heavy atom. The molecule has 0 aliphatic rings. The number of fused-ring (bicyclic) bond motifs is 1. The number of carbonyl (C=O) groups is 1. The Balaban J connectivity index is 1.73. The molecule has 0 radical (unpaired) electrons. The molecule has 2 N–H and O–H groups in total. The average molecular weight is 295 g/mol. The number of rotatable bonds is 5. The monoisotopic (exact) mass is 295 g/mol. The van der Waals surface area contributed by atoms with Crippen LogP contribution in [-0.4, -0.2) is 15.3 Å². The van der Waals surface area contributed by atoms with Crippen molar-refractivity contribution in [3.8, 4) is 5.75 Å². The first-order chi connectivity index (χ1) is 10.6. The van der Waals surface area contributed by atoms with Crippen LogP contribution in [0.25, 0.3) is 5.65 Å². The second kappa shape index (κ2) is 5.89. The van der Waals surface area contributed by atoms with Gasteiger partial charge in [-0.25, -0.2) is 4.98 Å². The Labute approximate surface area is 128 Å². The van der Waals surface area contributed by atoms with Gasteiger partial charge in [-0.1, -0.05) is 18.2 Å². The molecule has 2 aromatic heterocycles. The number of aryl methyl sites for hydroxylation is 1. The van der Waals surface area contributed by atoms with Crippen LogP contribution in [0.2, 0.25) is 0 Å². The molecule has 2 heterocycles. The van der Waals surface area contributed by atoms with E-state index in [2.05, 4.69) is 4.98 Å². The van der Waals surface area contributed by atoms with E-state index < -0.39 is 0 Å². The molecular weight excluding hydrogens is 278 g/mol. The topological polar surface area (TPSA) is 69.6 Å². The predicted molar refractivity (Wildman–Crippen MR) is 83.6 cm³/mol. The summed E-state index contributed by atoms with van der Waals surface area (Å²) in [4.78, 5) is 15.5. The lowest BCUT2D eigenvalue weighted by molar-refractivity contribution is -0.117. The molecule has 0 fully saturated rings. The standard InChI is InChI=1S/C17H17N3O2/c1-12-4-2-7-17-19-14(10-20(12)17)11-22-15-6-3-5-13(8-15)9-16(18)21/h2-8,10H,9,11H2,1H3,(H2,18,21). The summed E-state index contributed by atoms with van der Waals surface area (Å²) in [5, 5.41) is 0. The van der Waals surface area contributed by atoms with E-state index in [0.717, 1.165) is 22.6 Å². The number of carbonyl (C=O) groups excluding carboxylic acids is 1. The summed E-state index contributed by atoms with van der Waals surface area (Å²) in [5.74, 6) is 0.348. The molecule has 0 atom stereocenters. The maximum Gasteiger partial charge on any atom is 0.221 e. The van der Waals surface area contributed by atoms with Crippen LogP contribution in [-0.2, 0) is 17.8 Å². The molecular formula is C17H17N3O2. The molecule has 0 aliphatic carbocycles. The van der Waals surface area contributed by atoms with Gasteiger partial charge in [0.25, 0.3) is 0 Å². The predicted octanol–water partition coefficient (Wildman–Crippen LogP) is 2.25. The van der Waals surface area contributed by atoms with Crippen LogP contribution in [0.5, 0.6) is 5.75 Å². The van der Waals surface area contributed by atoms with Gasteiger partial charge in [0, 0.05) is 11.9 Å². The number of hydrogen-bond donors (Lipinski definition) is 1. The summed E-state index contributed by atoms with van der Waals surface area (Å²) in [6.45, 7) is 2.41. The molecule has 0 bridgehead atoms. The van der Waals surface area contributed by atoms with Gasteiger partial charge in [0.05, 0.1) is 12.1 Å². The second-order valence-corrected chi connectivity index (χ2v) is 5.21. The van der Waals surface area contributed by atoms with E-state index in [-0.39, 0.29) is 12.3 Å². The summed E-state index contributed by atoms with van der Waals surface area (Å²) in [6.07, 6.45) is 2.18. The lowest BCUT2D eigenvalue weighted by Gasteiger charge is -2.05. The molecule has 0 aliphatic heterocycles. The third-order valence-corrected chi connectivity index (χ3v) is 3.41. The Morgan fingerprint density at radius 3 is 2.86 bits per heavy atom. The van der Waals surface area contributed by atoms with Crippen LogP contribution in [0.1, 0.15) is 17.0 Å². The van der Waals surface area contributed by atoms with Crippen LogP contribution in [0.15, 0.2) is 48.7 Å². The fraction of sp³-hybridized carbons (Fsp3) is 0.176. The molecule has 5 nitrogen and oxygen atoms in total. The number of pyridine rings is 1. The van der Waals surface area contributed by atoms with Gasteiger partial charge in [-0.15, -0.1) is 0 Å². The van der Waals surface area contributed by atoms with Gasteiger partial charge in [-0.2, -0.15) is 0 Å². The van der Waals surface area contributed by atoms with Gasteiger partial charge in [-0.05, 0) is 36.8 Å². The van der Waals surface area contributed by atoms with Crippen LogP contribution in [0, 0.1) is 6.92 Å². The van der Waals surface area contributed by atoms with Crippen LogP contribution in [0.4, 0.5) is 0 Å². The number of benzene rings is 1. The lowest BCUT2D eigenvalue weighted by atomic mass is 10.1. The number of nitrogens with two attached hydrogens (primary N) is 1. The fourth-order valence-corrected chi connectivity index (χ4v) is 2.37. The minimum absolute atomic E-state index is 0.213. The number of nitrogens with zero attached hydrogens (tertiary/aromatic N) is 2. The molecule has 0 saturated heterocycles. The van der Waals surface area contributed by atoms with Crippen molar-refractivity contribution in [3.63, 3.8) is 0 Å². The van der Waals surface area contributed by atoms with Crippen molar-refractivity contribution in [2.24, 2.45) is 5.73 Å². The quantitative estimate of drug-likeness (QED) is 0.785. The van der Waals surface area contributed by atoms with Gasteiger partial charge in [0.1, 0.15) is 18.0 Å². The zero-order valence-electron chi connectivity index (χ0n) is 12.3. The summed E-state index contributed by atoms with van der Waals surface area (Å²) >= 11 is 0. The van der Waals surface area contributed by atoms with Crippen molar-refractivity contribution >= 4 is 11.6 Å². The molecule has 1 aromatic carbocycles. The summed E-state index contributed by atoms with van der Waals surface area (Å²) in [7, 11) is 0. The molecule has 0 saturated carbocycles. The van der Waals surface area contributed by atoms with E-state index in [9.17, 15) is 4.79 Å². The van der Waals surface area contributed by atoms with Gasteiger partial charge in [0.2, 0.25) is 5.91 Å². The van der Waals surface area contributed by atoms with E-state index in [0.29, 0.717) is 12.4 Å². The third-order valence-electron chi connectivity index (χ3n) is 3.41. The van der Waals surface area contributed by atoms with E-state index in [1.165, 1.54) is 0 Å². The number of hydrogen-bond acceptors (Lipinski definition) is 3. The molecule has 112 valence electrons. The maximum atomic E-state index is 11.0. The van der Waals surface area contributed by atoms with Crippen LogP contribution < -0.4 is 10.5 Å². The minimum Gasteiger partial charge on any atom is -0.487 e. The van der Waals surface area contributed by atoms with E-state index in [4.69, 9.17) is 10.5 Å². The van der Waals surface area contributed by atoms with E-state index in [1.54, 1.807) is 0 Å². The zero-order valence-corrected chi connectivity index (χ0v) is 12.3. The van der Waals surface area contributed by atoms with Crippen LogP contribution >= 0.6 is 0 Å². The number of amides is 1. The zero-order chi connectivity index (χ0) is 15.5. The highest BCUT2D eigenvalue weighted by molar-refractivity contribution is 5.76. The van der Waals surface area contributed by atoms with Gasteiger partial charge >= 0.3 is 0 Å². The Morgan fingerprint density at radius 1 is 1.27 bits per heavy atom. The van der Waals surface area contributed by atoms with E-state index in [1.807, 2.05) is 60.0 Å². The number of primary amides is 1. The maximum absolute atomic E-state index is 11.0.